The molecule has 3 rings (SSSR count). The van der Waals surface area contributed by atoms with E-state index in [1.165, 1.54) is 64.6 Å². The fourth-order valence-corrected chi connectivity index (χ4v) is 4.00. The molecule has 3 atom stereocenters. The van der Waals surface area contributed by atoms with Crippen molar-refractivity contribution in [3.63, 3.8) is 0 Å². The zero-order chi connectivity index (χ0) is 13.2. The minimum Gasteiger partial charge on any atom is -0.312 e. The molecule has 1 saturated carbocycles. The fourth-order valence-electron chi connectivity index (χ4n) is 4.00. The van der Waals surface area contributed by atoms with Crippen molar-refractivity contribution in [2.45, 2.75) is 76.0 Å². The number of hydrogen-bond acceptors (Lipinski definition) is 3. The molecule has 0 aromatic carbocycles. The Labute approximate surface area is 118 Å². The van der Waals surface area contributed by atoms with Crippen LogP contribution in [0.25, 0.3) is 0 Å². The summed E-state index contributed by atoms with van der Waals surface area (Å²) in [6, 6.07) is 3.32. The fraction of sp³-hybridized carbons (Fsp3) is 1.00. The molecule has 2 bridgehead atoms. The van der Waals surface area contributed by atoms with E-state index in [4.69, 9.17) is 0 Å². The molecule has 3 nitrogen and oxygen atoms in total. The lowest BCUT2D eigenvalue weighted by Gasteiger charge is -2.33. The second kappa shape index (κ2) is 6.11. The van der Waals surface area contributed by atoms with Gasteiger partial charge in [0.05, 0.1) is 0 Å². The highest BCUT2D eigenvalue weighted by atomic mass is 15.3. The molecule has 0 aromatic rings. The Bertz CT molecular complexity index is 290. The van der Waals surface area contributed by atoms with E-state index in [1.54, 1.807) is 0 Å². The zero-order valence-corrected chi connectivity index (χ0v) is 12.8. The van der Waals surface area contributed by atoms with Crippen LogP contribution in [0, 0.1) is 0 Å². The highest BCUT2D eigenvalue weighted by Crippen LogP contribution is 2.29. The van der Waals surface area contributed by atoms with Gasteiger partial charge in [0.15, 0.2) is 0 Å². The van der Waals surface area contributed by atoms with Crippen molar-refractivity contribution in [1.82, 2.24) is 15.1 Å². The smallest absolute Gasteiger partial charge is 0.0223 e. The van der Waals surface area contributed by atoms with Crippen molar-refractivity contribution < 1.29 is 0 Å². The zero-order valence-electron chi connectivity index (χ0n) is 12.8. The van der Waals surface area contributed by atoms with E-state index >= 15 is 0 Å². The predicted octanol–water partition coefficient (Wildman–Crippen LogP) is 2.08. The Morgan fingerprint density at radius 1 is 1.11 bits per heavy atom. The highest BCUT2D eigenvalue weighted by molar-refractivity contribution is 4.93. The maximum absolute atomic E-state index is 3.76. The van der Waals surface area contributed by atoms with Gasteiger partial charge >= 0.3 is 0 Å². The first-order chi connectivity index (χ1) is 9.28. The normalized spacial score (nSPS) is 34.4. The van der Waals surface area contributed by atoms with E-state index in [9.17, 15) is 0 Å². The molecule has 0 spiro atoms. The molecule has 2 heterocycles. The standard InChI is InChI=1S/C16H31N3/c1-3-4-15(11-17-13-5-6-13)19-10-9-14-7-8-16(12-19)18(14)2/h13-17H,3-12H2,1-2H3. The number of nitrogens with one attached hydrogen (secondary N) is 1. The first-order valence-electron chi connectivity index (χ1n) is 8.47. The molecule has 3 fully saturated rings. The van der Waals surface area contributed by atoms with E-state index in [0.29, 0.717) is 0 Å². The molecule has 3 aliphatic rings. The summed E-state index contributed by atoms with van der Waals surface area (Å²) in [6.07, 6.45) is 9.74. The third-order valence-corrected chi connectivity index (χ3v) is 5.54. The second-order valence-electron chi connectivity index (χ2n) is 6.96. The minimum absolute atomic E-state index is 0.776. The largest absolute Gasteiger partial charge is 0.312 e. The molecule has 0 amide bonds. The molecule has 0 aromatic heterocycles. The second-order valence-corrected chi connectivity index (χ2v) is 6.96. The minimum atomic E-state index is 0.776. The Balaban J connectivity index is 1.57. The van der Waals surface area contributed by atoms with Crippen molar-refractivity contribution in [3.8, 4) is 0 Å². The van der Waals surface area contributed by atoms with E-state index in [2.05, 4.69) is 29.1 Å². The van der Waals surface area contributed by atoms with Crippen LogP contribution < -0.4 is 5.32 Å². The molecule has 110 valence electrons. The molecule has 2 aliphatic heterocycles. The van der Waals surface area contributed by atoms with Crippen LogP contribution in [0.5, 0.6) is 0 Å². The third-order valence-electron chi connectivity index (χ3n) is 5.54. The average Bonchev–Trinajstić information content (AvgIpc) is 3.15. The van der Waals surface area contributed by atoms with Crippen molar-refractivity contribution >= 4 is 0 Å². The van der Waals surface area contributed by atoms with Gasteiger partial charge in [0.2, 0.25) is 0 Å². The molecule has 3 unspecified atom stereocenters. The lowest BCUT2D eigenvalue weighted by molar-refractivity contribution is 0.160. The van der Waals surface area contributed by atoms with Gasteiger partial charge in [-0.05, 0) is 45.6 Å². The van der Waals surface area contributed by atoms with Gasteiger partial charge in [0, 0.05) is 43.8 Å². The number of rotatable bonds is 6. The molecule has 1 aliphatic carbocycles. The van der Waals surface area contributed by atoms with Crippen molar-refractivity contribution in [2.75, 3.05) is 26.7 Å². The van der Waals surface area contributed by atoms with Crippen molar-refractivity contribution in [2.24, 2.45) is 0 Å². The maximum atomic E-state index is 3.76. The van der Waals surface area contributed by atoms with Gasteiger partial charge in [0.25, 0.3) is 0 Å². The number of likely N-dealkylation sites (tertiary alicyclic amines) is 1. The van der Waals surface area contributed by atoms with Crippen LogP contribution in [0.3, 0.4) is 0 Å². The van der Waals surface area contributed by atoms with Gasteiger partial charge in [-0.25, -0.2) is 0 Å². The van der Waals surface area contributed by atoms with Crippen LogP contribution in [-0.4, -0.2) is 60.6 Å². The van der Waals surface area contributed by atoms with Crippen LogP contribution >= 0.6 is 0 Å². The van der Waals surface area contributed by atoms with Gasteiger partial charge in [-0.3, -0.25) is 9.80 Å². The Morgan fingerprint density at radius 2 is 1.89 bits per heavy atom. The maximum Gasteiger partial charge on any atom is 0.0223 e. The van der Waals surface area contributed by atoms with Crippen LogP contribution in [0.15, 0.2) is 0 Å². The summed E-state index contributed by atoms with van der Waals surface area (Å²) in [4.78, 5) is 5.47. The topological polar surface area (TPSA) is 18.5 Å². The molecule has 3 heteroatoms. The van der Waals surface area contributed by atoms with E-state index in [1.807, 2.05) is 0 Å². The summed E-state index contributed by atoms with van der Waals surface area (Å²) in [6.45, 7) is 6.19. The molecule has 19 heavy (non-hydrogen) atoms. The quantitative estimate of drug-likeness (QED) is 0.793. The first-order valence-corrected chi connectivity index (χ1v) is 8.47. The van der Waals surface area contributed by atoms with Gasteiger partial charge in [0.1, 0.15) is 0 Å². The molecule has 1 N–H and O–H groups in total. The van der Waals surface area contributed by atoms with Crippen LogP contribution in [0.4, 0.5) is 0 Å². The Morgan fingerprint density at radius 3 is 2.63 bits per heavy atom. The van der Waals surface area contributed by atoms with Crippen LogP contribution in [0.2, 0.25) is 0 Å². The highest BCUT2D eigenvalue weighted by Gasteiger charge is 2.36. The predicted molar refractivity (Wildman–Crippen MR) is 80.5 cm³/mol. The molecular weight excluding hydrogens is 234 g/mol. The van der Waals surface area contributed by atoms with Gasteiger partial charge in [-0.2, -0.15) is 0 Å². The van der Waals surface area contributed by atoms with Gasteiger partial charge < -0.3 is 5.32 Å². The summed E-state index contributed by atoms with van der Waals surface area (Å²) in [7, 11) is 2.35. The van der Waals surface area contributed by atoms with Crippen molar-refractivity contribution in [1.29, 1.82) is 0 Å². The first kappa shape index (κ1) is 13.8. The monoisotopic (exact) mass is 265 g/mol. The lowest BCUT2D eigenvalue weighted by atomic mass is 10.0. The SMILES string of the molecule is CCCC(CNC1CC1)N1CCC2CCC(C1)N2C. The summed E-state index contributed by atoms with van der Waals surface area (Å²) >= 11 is 0. The number of likely N-dealkylation sites (N-methyl/N-ethyl adjacent to an activating group) is 1. The number of nitrogens with zero attached hydrogens (tertiary/aromatic N) is 2. The summed E-state index contributed by atoms with van der Waals surface area (Å²) in [5.41, 5.74) is 0. The van der Waals surface area contributed by atoms with Crippen LogP contribution in [-0.2, 0) is 0 Å². The summed E-state index contributed by atoms with van der Waals surface area (Å²) in [5.74, 6) is 0. The Hall–Kier alpha value is -0.120. The molecular formula is C16H31N3. The van der Waals surface area contributed by atoms with Gasteiger partial charge in [-0.15, -0.1) is 0 Å². The summed E-state index contributed by atoms with van der Waals surface area (Å²) < 4.78 is 0. The van der Waals surface area contributed by atoms with Crippen molar-refractivity contribution in [3.05, 3.63) is 0 Å². The summed E-state index contributed by atoms with van der Waals surface area (Å²) in [5, 5.41) is 3.76. The van der Waals surface area contributed by atoms with E-state index < -0.39 is 0 Å². The van der Waals surface area contributed by atoms with Gasteiger partial charge in [-0.1, -0.05) is 13.3 Å². The molecule has 0 radical (unpaired) electrons. The van der Waals surface area contributed by atoms with E-state index in [-0.39, 0.29) is 0 Å². The third kappa shape index (κ3) is 3.32. The number of fused-ring (bicyclic) bond motifs is 2. The Kier molecular flexibility index (Phi) is 4.45. The van der Waals surface area contributed by atoms with Crippen LogP contribution in [0.1, 0.15) is 51.9 Å². The molecule has 2 saturated heterocycles. The average molecular weight is 265 g/mol. The lowest BCUT2D eigenvalue weighted by Crippen LogP contribution is -2.46. The number of hydrogen-bond donors (Lipinski definition) is 1. The van der Waals surface area contributed by atoms with E-state index in [0.717, 1.165) is 24.2 Å².